The largest absolute Gasteiger partial charge is 0.481 e. The molecule has 0 fully saturated rings. The van der Waals surface area contributed by atoms with Crippen molar-refractivity contribution in [3.8, 4) is 5.75 Å². The van der Waals surface area contributed by atoms with E-state index >= 15 is 0 Å². The van der Waals surface area contributed by atoms with E-state index in [1.54, 1.807) is 24.3 Å². The predicted molar refractivity (Wildman–Crippen MR) is 80.4 cm³/mol. The molecule has 1 aromatic carbocycles. The summed E-state index contributed by atoms with van der Waals surface area (Å²) >= 11 is 3.22. The van der Waals surface area contributed by atoms with Crippen LogP contribution in [0.3, 0.4) is 0 Å². The first-order chi connectivity index (χ1) is 10.0. The molecule has 0 bridgehead atoms. The van der Waals surface area contributed by atoms with Crippen LogP contribution < -0.4 is 10.5 Å². The van der Waals surface area contributed by atoms with Gasteiger partial charge in [-0.05, 0) is 28.1 Å². The number of benzene rings is 1. The Balaban J connectivity index is 2.29. The first kappa shape index (κ1) is 14.9. The van der Waals surface area contributed by atoms with Gasteiger partial charge in [0.2, 0.25) is 5.75 Å². The highest BCUT2D eigenvalue weighted by Gasteiger charge is 2.18. The maximum Gasteiger partial charge on any atom is 0.312 e. The highest BCUT2D eigenvalue weighted by Crippen LogP contribution is 2.35. The Morgan fingerprint density at radius 3 is 2.86 bits per heavy atom. The van der Waals surface area contributed by atoms with Crippen molar-refractivity contribution in [3.05, 3.63) is 62.4 Å². The fourth-order valence-corrected chi connectivity index (χ4v) is 2.20. The van der Waals surface area contributed by atoms with Gasteiger partial charge in [-0.2, -0.15) is 0 Å². The minimum atomic E-state index is -0.519. The maximum absolute atomic E-state index is 11.0. The number of nitrogen functional groups attached to an aromatic ring is 1. The molecule has 21 heavy (non-hydrogen) atoms. The van der Waals surface area contributed by atoms with E-state index in [1.807, 2.05) is 0 Å². The molecule has 0 spiro atoms. The van der Waals surface area contributed by atoms with Crippen molar-refractivity contribution >= 4 is 27.5 Å². The van der Waals surface area contributed by atoms with Crippen molar-refractivity contribution in [3.63, 3.8) is 0 Å². The summed E-state index contributed by atoms with van der Waals surface area (Å²) in [6, 6.07) is 7.94. The monoisotopic (exact) mass is 350 g/mol. The second kappa shape index (κ2) is 6.31. The van der Waals surface area contributed by atoms with Gasteiger partial charge in [-0.15, -0.1) is 0 Å². The van der Waals surface area contributed by atoms with E-state index < -0.39 is 4.92 Å². The Morgan fingerprint density at radius 1 is 1.43 bits per heavy atom. The summed E-state index contributed by atoms with van der Waals surface area (Å²) in [6.07, 6.45) is 1.51. The van der Waals surface area contributed by atoms with E-state index in [1.165, 1.54) is 12.3 Å². The van der Waals surface area contributed by atoms with Crippen LogP contribution in [0.1, 0.15) is 11.3 Å². The molecule has 2 rings (SSSR count). The molecule has 1 heterocycles. The van der Waals surface area contributed by atoms with Gasteiger partial charge in [0.25, 0.3) is 0 Å². The van der Waals surface area contributed by atoms with Crippen molar-refractivity contribution in [1.82, 2.24) is 4.98 Å². The number of nitrogens with one attached hydrogen (secondary N) is 1. The van der Waals surface area contributed by atoms with E-state index in [4.69, 9.17) is 15.9 Å². The molecular weight excluding hydrogens is 340 g/mol. The third kappa shape index (κ3) is 3.34. The van der Waals surface area contributed by atoms with E-state index in [0.29, 0.717) is 15.7 Å². The number of nitrogens with two attached hydrogens (primary N) is 1. The van der Waals surface area contributed by atoms with Crippen LogP contribution in [0, 0.1) is 15.5 Å². The fraction of sp³-hybridized carbons (Fsp3) is 0.0769. The Morgan fingerprint density at radius 2 is 2.19 bits per heavy atom. The van der Waals surface area contributed by atoms with Gasteiger partial charge in [0.1, 0.15) is 18.1 Å². The molecule has 0 atom stereocenters. The van der Waals surface area contributed by atoms with Gasteiger partial charge in [0.15, 0.2) is 0 Å². The molecule has 0 amide bonds. The normalized spacial score (nSPS) is 10.1. The summed E-state index contributed by atoms with van der Waals surface area (Å²) in [5, 5.41) is 18.5. The van der Waals surface area contributed by atoms with E-state index in [9.17, 15) is 10.1 Å². The van der Waals surface area contributed by atoms with Crippen LogP contribution in [0.25, 0.3) is 0 Å². The molecule has 0 aliphatic heterocycles. The van der Waals surface area contributed by atoms with Crippen LogP contribution in [0.2, 0.25) is 0 Å². The number of amidine groups is 1. The number of nitro benzene ring substituents is 1. The van der Waals surface area contributed by atoms with Crippen molar-refractivity contribution in [2.24, 2.45) is 5.73 Å². The number of para-hydroxylation sites is 1. The number of halogens is 1. The highest BCUT2D eigenvalue weighted by atomic mass is 79.9. The molecule has 0 saturated carbocycles. The van der Waals surface area contributed by atoms with Gasteiger partial charge >= 0.3 is 5.69 Å². The van der Waals surface area contributed by atoms with Crippen molar-refractivity contribution in [2.75, 3.05) is 0 Å². The van der Waals surface area contributed by atoms with Crippen LogP contribution in [0.5, 0.6) is 5.75 Å². The van der Waals surface area contributed by atoms with Gasteiger partial charge in [-0.25, -0.2) is 0 Å². The number of rotatable bonds is 5. The highest BCUT2D eigenvalue weighted by molar-refractivity contribution is 9.10. The molecule has 2 aromatic rings. The summed E-state index contributed by atoms with van der Waals surface area (Å²) in [6.45, 7) is 0.0200. The zero-order chi connectivity index (χ0) is 15.4. The molecule has 1 aromatic heterocycles. The van der Waals surface area contributed by atoms with Crippen molar-refractivity contribution in [1.29, 1.82) is 5.41 Å². The first-order valence-electron chi connectivity index (χ1n) is 5.84. The summed E-state index contributed by atoms with van der Waals surface area (Å²) in [5.41, 5.74) is 6.18. The number of hydrogen-bond acceptors (Lipinski definition) is 5. The summed E-state index contributed by atoms with van der Waals surface area (Å²) in [4.78, 5) is 14.5. The zero-order valence-corrected chi connectivity index (χ0v) is 12.3. The maximum atomic E-state index is 11.0. The molecular formula is C13H11BrN4O3. The molecule has 0 radical (unpaired) electrons. The molecule has 0 aliphatic rings. The average molecular weight is 351 g/mol. The number of aromatic nitrogens is 1. The third-order valence-electron chi connectivity index (χ3n) is 2.66. The number of ether oxygens (including phenoxy) is 1. The topological polar surface area (TPSA) is 115 Å². The van der Waals surface area contributed by atoms with Gasteiger partial charge in [-0.3, -0.25) is 20.5 Å². The van der Waals surface area contributed by atoms with E-state index in [2.05, 4.69) is 20.9 Å². The Kier molecular flexibility index (Phi) is 4.49. The lowest BCUT2D eigenvalue weighted by atomic mass is 10.2. The van der Waals surface area contributed by atoms with Crippen LogP contribution in [-0.4, -0.2) is 15.7 Å². The Bertz CT molecular complexity index is 706. The average Bonchev–Trinajstić information content (AvgIpc) is 2.45. The predicted octanol–water partition coefficient (Wildman–Crippen LogP) is 2.62. The van der Waals surface area contributed by atoms with Crippen LogP contribution in [0.15, 0.2) is 41.0 Å². The molecule has 8 heteroatoms. The van der Waals surface area contributed by atoms with Crippen molar-refractivity contribution < 1.29 is 9.66 Å². The summed E-state index contributed by atoms with van der Waals surface area (Å²) < 4.78 is 6.00. The zero-order valence-electron chi connectivity index (χ0n) is 10.7. The smallest absolute Gasteiger partial charge is 0.312 e. The van der Waals surface area contributed by atoms with Crippen LogP contribution in [0.4, 0.5) is 5.69 Å². The van der Waals surface area contributed by atoms with E-state index in [-0.39, 0.29) is 23.9 Å². The summed E-state index contributed by atoms with van der Waals surface area (Å²) in [5.74, 6) is -0.0586. The number of nitro groups is 1. The molecule has 108 valence electrons. The lowest BCUT2D eigenvalue weighted by Crippen LogP contribution is -2.16. The molecule has 0 aliphatic carbocycles. The second-order valence-electron chi connectivity index (χ2n) is 4.06. The Hall–Kier alpha value is -2.48. The van der Waals surface area contributed by atoms with E-state index in [0.717, 1.165) is 0 Å². The third-order valence-corrected chi connectivity index (χ3v) is 3.29. The lowest BCUT2D eigenvalue weighted by molar-refractivity contribution is -0.386. The Labute approximate surface area is 128 Å². The number of pyridine rings is 1. The number of hydrogen-bond donors (Lipinski definition) is 2. The number of nitrogens with zero attached hydrogens (tertiary/aromatic N) is 2. The van der Waals surface area contributed by atoms with Gasteiger partial charge in [0, 0.05) is 17.8 Å². The lowest BCUT2D eigenvalue weighted by Gasteiger charge is -2.10. The molecule has 0 saturated heterocycles. The second-order valence-corrected chi connectivity index (χ2v) is 4.91. The first-order valence-corrected chi connectivity index (χ1v) is 6.64. The SMILES string of the molecule is N=C(N)c1ncccc1COc1c(Br)cccc1[N+](=O)[O-]. The van der Waals surface area contributed by atoms with Gasteiger partial charge in [0.05, 0.1) is 9.40 Å². The van der Waals surface area contributed by atoms with Crippen LogP contribution >= 0.6 is 15.9 Å². The molecule has 0 unspecified atom stereocenters. The fourth-order valence-electron chi connectivity index (χ4n) is 1.73. The van der Waals surface area contributed by atoms with Crippen molar-refractivity contribution in [2.45, 2.75) is 6.61 Å². The standard InChI is InChI=1S/C13H11BrN4O3/c14-9-4-1-5-10(18(19)20)12(9)21-7-8-3-2-6-17-11(8)13(15)16/h1-6H,7H2,(H3,15,16). The van der Waals surface area contributed by atoms with Crippen LogP contribution in [-0.2, 0) is 6.61 Å². The van der Waals surface area contributed by atoms with Gasteiger partial charge in [-0.1, -0.05) is 12.1 Å². The minimum Gasteiger partial charge on any atom is -0.481 e. The minimum absolute atomic E-state index is 0.0200. The quantitative estimate of drug-likeness (QED) is 0.372. The summed E-state index contributed by atoms with van der Waals surface area (Å²) in [7, 11) is 0. The molecule has 7 nitrogen and oxygen atoms in total. The molecule has 3 N–H and O–H groups in total. The van der Waals surface area contributed by atoms with Gasteiger partial charge < -0.3 is 10.5 Å².